The Labute approximate surface area is 121 Å². The van der Waals surface area contributed by atoms with E-state index in [-0.39, 0.29) is 0 Å². The Morgan fingerprint density at radius 2 is 1.81 bits per heavy atom. The first-order valence-electron chi connectivity index (χ1n) is 6.19. The SMILES string of the molecule is O=C(O)CNC(=O)c1ccc(/N=C/c2ccncc2)cc1. The summed E-state index contributed by atoms with van der Waals surface area (Å²) in [5.74, 6) is -1.51. The molecule has 2 aromatic rings. The third-order valence-electron chi connectivity index (χ3n) is 2.60. The molecule has 0 aliphatic heterocycles. The average Bonchev–Trinajstić information content (AvgIpc) is 2.52. The molecule has 2 rings (SSSR count). The minimum absolute atomic E-state index is 0.388. The van der Waals surface area contributed by atoms with E-state index in [2.05, 4.69) is 15.3 Å². The molecule has 0 unspecified atom stereocenters. The van der Waals surface area contributed by atoms with E-state index >= 15 is 0 Å². The fraction of sp³-hybridized carbons (Fsp3) is 0.0667. The summed E-state index contributed by atoms with van der Waals surface area (Å²) in [6.07, 6.45) is 5.05. The molecular formula is C15H13N3O3. The van der Waals surface area contributed by atoms with Gasteiger partial charge in [0, 0.05) is 24.2 Å². The van der Waals surface area contributed by atoms with E-state index in [1.807, 2.05) is 12.1 Å². The van der Waals surface area contributed by atoms with Crippen LogP contribution in [-0.4, -0.2) is 34.7 Å². The van der Waals surface area contributed by atoms with Crippen LogP contribution in [0.4, 0.5) is 5.69 Å². The van der Waals surface area contributed by atoms with Gasteiger partial charge in [0.25, 0.3) is 5.91 Å². The lowest BCUT2D eigenvalue weighted by atomic mass is 10.2. The number of carbonyl (C=O) groups is 2. The molecule has 6 nitrogen and oxygen atoms in total. The number of carboxylic acids is 1. The van der Waals surface area contributed by atoms with Gasteiger partial charge in [-0.1, -0.05) is 0 Å². The topological polar surface area (TPSA) is 91.7 Å². The second-order valence-corrected chi connectivity index (χ2v) is 4.16. The quantitative estimate of drug-likeness (QED) is 0.816. The van der Waals surface area contributed by atoms with Crippen molar-refractivity contribution in [3.05, 3.63) is 59.9 Å². The smallest absolute Gasteiger partial charge is 0.322 e. The summed E-state index contributed by atoms with van der Waals surface area (Å²) in [6.45, 7) is -0.402. The van der Waals surface area contributed by atoms with Crippen molar-refractivity contribution in [2.24, 2.45) is 4.99 Å². The molecule has 1 aromatic heterocycles. The highest BCUT2D eigenvalue weighted by atomic mass is 16.4. The number of nitrogens with zero attached hydrogens (tertiary/aromatic N) is 2. The molecule has 0 fully saturated rings. The van der Waals surface area contributed by atoms with Gasteiger partial charge >= 0.3 is 5.97 Å². The van der Waals surface area contributed by atoms with Crippen LogP contribution in [-0.2, 0) is 4.79 Å². The van der Waals surface area contributed by atoms with Crippen molar-refractivity contribution in [1.29, 1.82) is 0 Å². The highest BCUT2D eigenvalue weighted by Gasteiger charge is 2.06. The lowest BCUT2D eigenvalue weighted by Crippen LogP contribution is -2.29. The zero-order valence-electron chi connectivity index (χ0n) is 11.1. The Bertz CT molecular complexity index is 652. The Kier molecular flexibility index (Phi) is 4.76. The summed E-state index contributed by atoms with van der Waals surface area (Å²) >= 11 is 0. The summed E-state index contributed by atoms with van der Waals surface area (Å²) in [7, 11) is 0. The minimum atomic E-state index is -1.08. The van der Waals surface area contributed by atoms with Crippen LogP contribution in [0.5, 0.6) is 0 Å². The average molecular weight is 283 g/mol. The van der Waals surface area contributed by atoms with Gasteiger partial charge in [0.1, 0.15) is 6.54 Å². The van der Waals surface area contributed by atoms with E-state index in [9.17, 15) is 9.59 Å². The van der Waals surface area contributed by atoms with E-state index in [0.717, 1.165) is 5.56 Å². The first-order valence-corrected chi connectivity index (χ1v) is 6.19. The second kappa shape index (κ2) is 6.95. The normalized spacial score (nSPS) is 10.5. The van der Waals surface area contributed by atoms with Crippen LogP contribution in [0.3, 0.4) is 0 Å². The van der Waals surface area contributed by atoms with Gasteiger partial charge in [0.2, 0.25) is 0 Å². The number of carbonyl (C=O) groups excluding carboxylic acids is 1. The van der Waals surface area contributed by atoms with Crippen molar-refractivity contribution >= 4 is 23.8 Å². The number of aliphatic carboxylic acids is 1. The number of carboxylic acid groups (broad SMARTS) is 1. The largest absolute Gasteiger partial charge is 0.480 e. The highest BCUT2D eigenvalue weighted by molar-refractivity contribution is 5.96. The molecule has 6 heteroatoms. The lowest BCUT2D eigenvalue weighted by Gasteiger charge is -2.02. The molecule has 0 saturated carbocycles. The van der Waals surface area contributed by atoms with Crippen molar-refractivity contribution in [2.45, 2.75) is 0 Å². The summed E-state index contributed by atoms with van der Waals surface area (Å²) in [5, 5.41) is 10.8. The van der Waals surface area contributed by atoms with Crippen LogP contribution in [0.1, 0.15) is 15.9 Å². The zero-order valence-corrected chi connectivity index (χ0v) is 11.1. The van der Waals surface area contributed by atoms with Crippen molar-refractivity contribution in [1.82, 2.24) is 10.3 Å². The van der Waals surface area contributed by atoms with E-state index in [1.54, 1.807) is 42.9 Å². The predicted molar refractivity (Wildman–Crippen MR) is 77.9 cm³/mol. The maximum Gasteiger partial charge on any atom is 0.322 e. The molecular weight excluding hydrogens is 270 g/mol. The molecule has 0 bridgehead atoms. The third kappa shape index (κ3) is 4.54. The highest BCUT2D eigenvalue weighted by Crippen LogP contribution is 2.13. The first-order chi connectivity index (χ1) is 10.1. The van der Waals surface area contributed by atoms with Gasteiger partial charge < -0.3 is 10.4 Å². The molecule has 0 atom stereocenters. The van der Waals surface area contributed by atoms with Gasteiger partial charge in [0.15, 0.2) is 0 Å². The molecule has 0 saturated heterocycles. The summed E-state index contributed by atoms with van der Waals surface area (Å²) in [5.41, 5.74) is 2.01. The number of nitrogens with one attached hydrogen (secondary N) is 1. The fourth-order valence-electron chi connectivity index (χ4n) is 1.56. The van der Waals surface area contributed by atoms with Crippen LogP contribution in [0.2, 0.25) is 0 Å². The van der Waals surface area contributed by atoms with Crippen LogP contribution >= 0.6 is 0 Å². The summed E-state index contributed by atoms with van der Waals surface area (Å²) in [4.78, 5) is 30.2. The third-order valence-corrected chi connectivity index (χ3v) is 2.60. The minimum Gasteiger partial charge on any atom is -0.480 e. The Hall–Kier alpha value is -3.02. The van der Waals surface area contributed by atoms with Gasteiger partial charge in [-0.2, -0.15) is 0 Å². The fourth-order valence-corrected chi connectivity index (χ4v) is 1.56. The number of benzene rings is 1. The van der Waals surface area contributed by atoms with Gasteiger partial charge in [-0.3, -0.25) is 19.6 Å². The van der Waals surface area contributed by atoms with Crippen molar-refractivity contribution < 1.29 is 14.7 Å². The molecule has 0 aliphatic rings. The summed E-state index contributed by atoms with van der Waals surface area (Å²) < 4.78 is 0. The molecule has 1 heterocycles. The molecule has 1 aromatic carbocycles. The van der Waals surface area contributed by atoms with Gasteiger partial charge in [0.05, 0.1) is 5.69 Å². The van der Waals surface area contributed by atoms with Gasteiger partial charge in [-0.25, -0.2) is 0 Å². The Balaban J connectivity index is 2.00. The standard InChI is InChI=1S/C15H13N3O3/c19-14(20)10-18-15(21)12-1-3-13(4-2-12)17-9-11-5-7-16-8-6-11/h1-9H,10H2,(H,18,21)(H,19,20)/b17-9+. The van der Waals surface area contributed by atoms with Crippen LogP contribution in [0, 0.1) is 0 Å². The number of rotatable bonds is 5. The van der Waals surface area contributed by atoms with E-state index in [1.165, 1.54) is 0 Å². The Morgan fingerprint density at radius 1 is 1.14 bits per heavy atom. The molecule has 0 aliphatic carbocycles. The van der Waals surface area contributed by atoms with E-state index in [4.69, 9.17) is 5.11 Å². The first kappa shape index (κ1) is 14.4. The van der Waals surface area contributed by atoms with Gasteiger partial charge in [-0.15, -0.1) is 0 Å². The maximum atomic E-state index is 11.6. The number of aliphatic imine (C=N–C) groups is 1. The van der Waals surface area contributed by atoms with E-state index in [0.29, 0.717) is 11.3 Å². The van der Waals surface area contributed by atoms with Crippen molar-refractivity contribution in [3.8, 4) is 0 Å². The number of aromatic nitrogens is 1. The zero-order chi connectivity index (χ0) is 15.1. The molecule has 2 N–H and O–H groups in total. The number of hydrogen-bond donors (Lipinski definition) is 2. The summed E-state index contributed by atoms with van der Waals surface area (Å²) in [6, 6.07) is 10.2. The Morgan fingerprint density at radius 3 is 2.43 bits per heavy atom. The molecule has 106 valence electrons. The predicted octanol–water partition coefficient (Wildman–Crippen LogP) is 1.65. The number of hydrogen-bond acceptors (Lipinski definition) is 4. The van der Waals surface area contributed by atoms with Gasteiger partial charge in [-0.05, 0) is 42.0 Å². The molecule has 21 heavy (non-hydrogen) atoms. The van der Waals surface area contributed by atoms with Crippen LogP contribution in [0.15, 0.2) is 53.8 Å². The lowest BCUT2D eigenvalue weighted by molar-refractivity contribution is -0.135. The number of amides is 1. The monoisotopic (exact) mass is 283 g/mol. The van der Waals surface area contributed by atoms with Crippen molar-refractivity contribution in [3.63, 3.8) is 0 Å². The molecule has 0 spiro atoms. The number of pyridine rings is 1. The van der Waals surface area contributed by atoms with Crippen LogP contribution in [0.25, 0.3) is 0 Å². The molecule has 1 amide bonds. The maximum absolute atomic E-state index is 11.6. The second-order valence-electron chi connectivity index (χ2n) is 4.16. The van der Waals surface area contributed by atoms with Crippen molar-refractivity contribution in [2.75, 3.05) is 6.54 Å². The van der Waals surface area contributed by atoms with Crippen LogP contribution < -0.4 is 5.32 Å². The molecule has 0 radical (unpaired) electrons. The van der Waals surface area contributed by atoms with E-state index < -0.39 is 18.4 Å².